The van der Waals surface area contributed by atoms with Gasteiger partial charge in [0.2, 0.25) is 0 Å². The van der Waals surface area contributed by atoms with Crippen molar-refractivity contribution in [2.24, 2.45) is 0 Å². The van der Waals surface area contributed by atoms with Crippen molar-refractivity contribution in [1.29, 1.82) is 0 Å². The van der Waals surface area contributed by atoms with Gasteiger partial charge in [-0.2, -0.15) is 0 Å². The fraction of sp³-hybridized carbons (Fsp3) is 0.579. The summed E-state index contributed by atoms with van der Waals surface area (Å²) in [5.41, 5.74) is 1.78. The molecule has 1 N–H and O–H groups in total. The number of aliphatic hydroxyl groups is 1. The first kappa shape index (κ1) is 18.3. The van der Waals surface area contributed by atoms with Crippen molar-refractivity contribution in [2.75, 3.05) is 13.2 Å². The van der Waals surface area contributed by atoms with Crippen LogP contribution in [0.4, 0.5) is 0 Å². The molecule has 2 aromatic rings. The fourth-order valence-corrected chi connectivity index (χ4v) is 5.55. The molecule has 2 aliphatic rings. The fourth-order valence-electron chi connectivity index (χ4n) is 4.08. The minimum Gasteiger partial charge on any atom is -0.386 e. The average molecular weight is 394 g/mol. The molecular weight excluding hydrogens is 370 g/mol. The summed E-state index contributed by atoms with van der Waals surface area (Å²) in [5, 5.41) is 10.2. The molecule has 1 saturated heterocycles. The minimum atomic E-state index is -0.568. The number of hydrogen-bond donors (Lipinski definition) is 1. The minimum absolute atomic E-state index is 0.315. The molecule has 2 aliphatic heterocycles. The van der Waals surface area contributed by atoms with Crippen LogP contribution in [0, 0.1) is 0 Å². The molecule has 0 aliphatic carbocycles. The van der Waals surface area contributed by atoms with Crippen LogP contribution in [0.1, 0.15) is 54.6 Å². The highest BCUT2D eigenvalue weighted by Gasteiger charge is 2.46. The molecular formula is C19H24ClN3O2S. The van der Waals surface area contributed by atoms with Gasteiger partial charge in [0.25, 0.3) is 0 Å². The summed E-state index contributed by atoms with van der Waals surface area (Å²) >= 11 is 7.80. The summed E-state index contributed by atoms with van der Waals surface area (Å²) < 4.78 is 6.93. The first-order valence-electron chi connectivity index (χ1n) is 9.16. The van der Waals surface area contributed by atoms with Gasteiger partial charge in [-0.3, -0.25) is 4.90 Å². The van der Waals surface area contributed by atoms with Crippen LogP contribution in [0.15, 0.2) is 18.5 Å². The third kappa shape index (κ3) is 3.29. The van der Waals surface area contributed by atoms with Crippen molar-refractivity contribution in [2.45, 2.75) is 57.4 Å². The van der Waals surface area contributed by atoms with Crippen molar-refractivity contribution in [3.05, 3.63) is 44.6 Å². The number of aryl methyl sites for hydroxylation is 1. The van der Waals surface area contributed by atoms with E-state index in [0.29, 0.717) is 12.6 Å². The van der Waals surface area contributed by atoms with Gasteiger partial charge in [0.1, 0.15) is 17.5 Å². The highest BCUT2D eigenvalue weighted by molar-refractivity contribution is 7.16. The van der Waals surface area contributed by atoms with E-state index in [1.165, 1.54) is 0 Å². The van der Waals surface area contributed by atoms with Gasteiger partial charge in [-0.25, -0.2) is 9.97 Å². The molecule has 0 radical (unpaired) electrons. The number of nitrogens with zero attached hydrogens (tertiary/aromatic N) is 3. The number of rotatable bonds is 3. The normalized spacial score (nSPS) is 29.1. The van der Waals surface area contributed by atoms with Gasteiger partial charge in [0.05, 0.1) is 10.9 Å². The zero-order chi connectivity index (χ0) is 18.3. The SMILES string of the molecule is CCc1ncc(CN2CC[C@]3(C[C@@H]2C)OC[C@H](O)c2cc(Cl)sc23)cn1. The van der Waals surface area contributed by atoms with Crippen molar-refractivity contribution in [3.8, 4) is 0 Å². The predicted octanol–water partition coefficient (Wildman–Crippen LogP) is 3.70. The Bertz CT molecular complexity index is 782. The van der Waals surface area contributed by atoms with Crippen LogP contribution in [0.3, 0.4) is 0 Å². The van der Waals surface area contributed by atoms with Gasteiger partial charge in [-0.05, 0) is 25.8 Å². The molecule has 1 fully saturated rings. The number of aromatic nitrogens is 2. The Kier molecular flexibility index (Phi) is 5.05. The maximum absolute atomic E-state index is 10.2. The summed E-state index contributed by atoms with van der Waals surface area (Å²) in [4.78, 5) is 12.4. The highest BCUT2D eigenvalue weighted by atomic mass is 35.5. The van der Waals surface area contributed by atoms with Crippen molar-refractivity contribution < 1.29 is 9.84 Å². The number of likely N-dealkylation sites (tertiary alicyclic amines) is 1. The van der Waals surface area contributed by atoms with E-state index in [2.05, 4.69) is 28.7 Å². The van der Waals surface area contributed by atoms with Gasteiger partial charge >= 0.3 is 0 Å². The van der Waals surface area contributed by atoms with E-state index in [1.54, 1.807) is 11.3 Å². The Morgan fingerprint density at radius 1 is 1.42 bits per heavy atom. The van der Waals surface area contributed by atoms with Gasteiger partial charge in [0, 0.05) is 53.9 Å². The highest BCUT2D eigenvalue weighted by Crippen LogP contribution is 2.50. The van der Waals surface area contributed by atoms with Gasteiger partial charge in [0.15, 0.2) is 0 Å². The van der Waals surface area contributed by atoms with Crippen LogP contribution in [0.5, 0.6) is 0 Å². The number of hydrogen-bond acceptors (Lipinski definition) is 6. The third-order valence-corrected chi connectivity index (χ3v) is 7.00. The van der Waals surface area contributed by atoms with Crippen LogP contribution in [-0.4, -0.2) is 39.2 Å². The zero-order valence-corrected chi connectivity index (χ0v) is 16.7. The number of thiophene rings is 1. The summed E-state index contributed by atoms with van der Waals surface area (Å²) in [5.74, 6) is 0.885. The van der Waals surface area contributed by atoms with Gasteiger partial charge in [-0.15, -0.1) is 11.3 Å². The van der Waals surface area contributed by atoms with E-state index in [9.17, 15) is 5.11 Å². The molecule has 2 aromatic heterocycles. The maximum atomic E-state index is 10.2. The second-order valence-electron chi connectivity index (χ2n) is 7.29. The smallest absolute Gasteiger partial charge is 0.127 e. The van der Waals surface area contributed by atoms with Crippen LogP contribution in [0.2, 0.25) is 4.34 Å². The number of halogens is 1. The Morgan fingerprint density at radius 3 is 2.88 bits per heavy atom. The summed E-state index contributed by atoms with van der Waals surface area (Å²) in [7, 11) is 0. The summed E-state index contributed by atoms with van der Waals surface area (Å²) in [6.07, 6.45) is 5.97. The average Bonchev–Trinajstić information content (AvgIpc) is 3.05. The van der Waals surface area contributed by atoms with Crippen molar-refractivity contribution in [3.63, 3.8) is 0 Å². The molecule has 5 nitrogen and oxygen atoms in total. The predicted molar refractivity (Wildman–Crippen MR) is 102 cm³/mol. The number of ether oxygens (including phenoxy) is 1. The van der Waals surface area contributed by atoms with Gasteiger partial charge < -0.3 is 9.84 Å². The van der Waals surface area contributed by atoms with Crippen LogP contribution in [-0.2, 0) is 23.3 Å². The first-order chi connectivity index (χ1) is 12.5. The van der Waals surface area contributed by atoms with E-state index in [4.69, 9.17) is 16.3 Å². The van der Waals surface area contributed by atoms with Crippen LogP contribution < -0.4 is 0 Å². The third-order valence-electron chi connectivity index (χ3n) is 5.53. The lowest BCUT2D eigenvalue weighted by Crippen LogP contribution is -2.50. The second kappa shape index (κ2) is 7.17. The lowest BCUT2D eigenvalue weighted by atomic mass is 9.81. The number of fused-ring (bicyclic) bond motifs is 2. The molecule has 140 valence electrons. The second-order valence-corrected chi connectivity index (χ2v) is 8.97. The largest absolute Gasteiger partial charge is 0.386 e. The van der Waals surface area contributed by atoms with E-state index < -0.39 is 6.10 Å². The quantitative estimate of drug-likeness (QED) is 0.861. The lowest BCUT2D eigenvalue weighted by molar-refractivity contribution is -0.139. The molecule has 3 atom stereocenters. The van der Waals surface area contributed by atoms with Crippen molar-refractivity contribution >= 4 is 22.9 Å². The number of aliphatic hydroxyl groups excluding tert-OH is 1. The molecule has 4 rings (SSSR count). The van der Waals surface area contributed by atoms with E-state index >= 15 is 0 Å². The van der Waals surface area contributed by atoms with Crippen LogP contribution >= 0.6 is 22.9 Å². The molecule has 0 amide bonds. The molecule has 26 heavy (non-hydrogen) atoms. The molecule has 4 heterocycles. The van der Waals surface area contributed by atoms with E-state index in [0.717, 1.165) is 58.5 Å². The molecule has 0 bridgehead atoms. The Labute approximate surface area is 163 Å². The maximum Gasteiger partial charge on any atom is 0.127 e. The van der Waals surface area contributed by atoms with Crippen molar-refractivity contribution in [1.82, 2.24) is 14.9 Å². The topological polar surface area (TPSA) is 58.5 Å². The zero-order valence-electron chi connectivity index (χ0n) is 15.1. The Morgan fingerprint density at radius 2 is 2.19 bits per heavy atom. The first-order valence-corrected chi connectivity index (χ1v) is 10.4. The molecule has 0 saturated carbocycles. The summed E-state index contributed by atoms with van der Waals surface area (Å²) in [6.45, 7) is 6.43. The molecule has 1 spiro atoms. The van der Waals surface area contributed by atoms with E-state index in [-0.39, 0.29) is 5.60 Å². The molecule has 0 unspecified atom stereocenters. The number of piperidine rings is 1. The Balaban J connectivity index is 1.50. The lowest BCUT2D eigenvalue weighted by Gasteiger charge is -2.47. The Hall–Kier alpha value is -1.05. The molecule has 7 heteroatoms. The van der Waals surface area contributed by atoms with E-state index in [1.807, 2.05) is 18.5 Å². The van der Waals surface area contributed by atoms with Gasteiger partial charge in [-0.1, -0.05) is 18.5 Å². The summed E-state index contributed by atoms with van der Waals surface area (Å²) in [6, 6.07) is 2.26. The monoisotopic (exact) mass is 393 g/mol. The standard InChI is InChI=1S/C19H24ClN3O2S/c1-3-17-21-8-13(9-22-17)10-23-5-4-19(7-12(23)2)18-14(6-16(20)26-18)15(24)11-25-19/h6,8-9,12,15,24H,3-5,7,10-11H2,1-2H3/t12-,15-,19+/m0/s1. The van der Waals surface area contributed by atoms with Crippen LogP contribution in [0.25, 0.3) is 0 Å². The molecule has 0 aromatic carbocycles.